The third-order valence-electron chi connectivity index (χ3n) is 4.46. The van der Waals surface area contributed by atoms with Gasteiger partial charge in [-0.3, -0.25) is 4.79 Å². The van der Waals surface area contributed by atoms with E-state index in [9.17, 15) is 4.79 Å². The summed E-state index contributed by atoms with van der Waals surface area (Å²) in [6.45, 7) is 5.80. The van der Waals surface area contributed by atoms with Crippen molar-refractivity contribution in [3.63, 3.8) is 0 Å². The summed E-state index contributed by atoms with van der Waals surface area (Å²) >= 11 is 2.91. The maximum atomic E-state index is 11.2. The molecule has 0 unspecified atom stereocenters. The second-order valence-corrected chi connectivity index (χ2v) is 9.54. The van der Waals surface area contributed by atoms with E-state index in [0.717, 1.165) is 15.6 Å². The molecule has 2 heterocycles. The highest BCUT2D eigenvalue weighted by molar-refractivity contribution is 8.00. The zero-order valence-corrected chi connectivity index (χ0v) is 19.5. The van der Waals surface area contributed by atoms with Crippen molar-refractivity contribution in [3.05, 3.63) is 60.0 Å². The number of carbonyl (C=O) groups excluding carboxylic acids is 1. The Morgan fingerprint density at radius 3 is 2.66 bits per heavy atom. The third kappa shape index (κ3) is 5.71. The van der Waals surface area contributed by atoms with E-state index in [1.165, 1.54) is 35.6 Å². The second kappa shape index (κ2) is 9.92. The molecule has 0 saturated carbocycles. The van der Waals surface area contributed by atoms with Crippen LogP contribution in [0.1, 0.15) is 38.1 Å². The summed E-state index contributed by atoms with van der Waals surface area (Å²) in [6, 6.07) is 15.6. The summed E-state index contributed by atoms with van der Waals surface area (Å²) in [5.41, 5.74) is 3.73. The van der Waals surface area contributed by atoms with Crippen molar-refractivity contribution in [3.8, 4) is 11.4 Å². The van der Waals surface area contributed by atoms with Crippen LogP contribution >= 0.6 is 23.1 Å². The van der Waals surface area contributed by atoms with Gasteiger partial charge in [0.05, 0.1) is 5.75 Å². The minimum atomic E-state index is -0.117. The van der Waals surface area contributed by atoms with Gasteiger partial charge in [0.1, 0.15) is 0 Å². The van der Waals surface area contributed by atoms with Crippen LogP contribution in [0.15, 0.2) is 57.4 Å². The van der Waals surface area contributed by atoms with E-state index in [1.807, 2.05) is 36.4 Å². The largest absolute Gasteiger partial charge is 0.338 e. The predicted octanol–water partition coefficient (Wildman–Crippen LogP) is 5.71. The molecule has 0 aliphatic carbocycles. The van der Waals surface area contributed by atoms with Gasteiger partial charge in [-0.15, -0.1) is 10.2 Å². The fraction of sp³-hybridized carbons (Fsp3) is 0.227. The van der Waals surface area contributed by atoms with Crippen molar-refractivity contribution in [1.29, 1.82) is 0 Å². The molecule has 0 atom stereocenters. The molecule has 2 aromatic heterocycles. The maximum Gasteiger partial charge on any atom is 0.237 e. The first-order chi connectivity index (χ1) is 15.5. The molecule has 8 nitrogen and oxygen atoms in total. The highest BCUT2D eigenvalue weighted by Crippen LogP contribution is 2.30. The molecule has 4 rings (SSSR count). The number of nitrogens with one attached hydrogen (secondary N) is 2. The van der Waals surface area contributed by atoms with E-state index in [4.69, 9.17) is 4.52 Å². The number of nitrogens with zero attached hydrogens (tertiary/aromatic N) is 4. The Morgan fingerprint density at radius 1 is 1.12 bits per heavy atom. The van der Waals surface area contributed by atoms with Crippen LogP contribution < -0.4 is 10.6 Å². The number of aromatic nitrogens is 4. The highest BCUT2D eigenvalue weighted by Gasteiger charge is 2.12. The number of hydrogen-bond acceptors (Lipinski definition) is 9. The van der Waals surface area contributed by atoms with Gasteiger partial charge in [-0.2, -0.15) is 4.98 Å². The van der Waals surface area contributed by atoms with Crippen LogP contribution in [0.3, 0.4) is 0 Å². The molecular formula is C22H22N6O2S2. The predicted molar refractivity (Wildman–Crippen MR) is 127 cm³/mol. The normalized spacial score (nSPS) is 11.0. The SMILES string of the molecule is CC(=O)Nc1cccc(Nc2nnc(SCc3nc(-c4ccc(C(C)C)cc4)no3)s2)c1. The Hall–Kier alpha value is -3.24. The Labute approximate surface area is 193 Å². The summed E-state index contributed by atoms with van der Waals surface area (Å²) in [7, 11) is 0. The minimum Gasteiger partial charge on any atom is -0.338 e. The molecule has 0 bridgehead atoms. The van der Waals surface area contributed by atoms with Crippen LogP contribution in [0.4, 0.5) is 16.5 Å². The molecule has 2 N–H and O–H groups in total. The summed E-state index contributed by atoms with van der Waals surface area (Å²) in [4.78, 5) is 15.7. The smallest absolute Gasteiger partial charge is 0.237 e. The molecule has 0 aliphatic heterocycles. The molecule has 10 heteroatoms. The number of hydrogen-bond donors (Lipinski definition) is 2. The minimum absolute atomic E-state index is 0.117. The van der Waals surface area contributed by atoms with Gasteiger partial charge in [-0.05, 0) is 29.7 Å². The lowest BCUT2D eigenvalue weighted by molar-refractivity contribution is -0.114. The van der Waals surface area contributed by atoms with Crippen LogP contribution in [0, 0.1) is 0 Å². The van der Waals surface area contributed by atoms with E-state index in [2.05, 4.69) is 57.0 Å². The number of benzene rings is 2. The fourth-order valence-electron chi connectivity index (χ4n) is 2.89. The van der Waals surface area contributed by atoms with Gasteiger partial charge < -0.3 is 15.2 Å². The number of anilines is 3. The van der Waals surface area contributed by atoms with Crippen molar-refractivity contribution in [1.82, 2.24) is 20.3 Å². The highest BCUT2D eigenvalue weighted by atomic mass is 32.2. The van der Waals surface area contributed by atoms with Crippen molar-refractivity contribution in [2.24, 2.45) is 0 Å². The number of carbonyl (C=O) groups is 1. The molecule has 0 fully saturated rings. The number of thioether (sulfide) groups is 1. The molecule has 1 amide bonds. The van der Waals surface area contributed by atoms with Crippen LogP contribution in [0.2, 0.25) is 0 Å². The summed E-state index contributed by atoms with van der Waals surface area (Å²) in [6.07, 6.45) is 0. The van der Waals surface area contributed by atoms with Crippen LogP contribution in [-0.4, -0.2) is 26.2 Å². The van der Waals surface area contributed by atoms with Gasteiger partial charge in [0.2, 0.25) is 22.8 Å². The standard InChI is InChI=1S/C22H22N6O2S2/c1-13(2)15-7-9-16(10-8-15)20-25-19(30-28-20)12-31-22-27-26-21(32-22)24-18-6-4-5-17(11-18)23-14(3)29/h4-11,13H,12H2,1-3H3,(H,23,29)(H,24,26). The lowest BCUT2D eigenvalue weighted by Crippen LogP contribution is -2.05. The van der Waals surface area contributed by atoms with Crippen LogP contribution in [-0.2, 0) is 10.5 Å². The van der Waals surface area contributed by atoms with E-state index in [1.54, 1.807) is 0 Å². The second-order valence-electron chi connectivity index (χ2n) is 7.34. The van der Waals surface area contributed by atoms with Crippen molar-refractivity contribution in [2.45, 2.75) is 36.8 Å². The Morgan fingerprint density at radius 2 is 1.91 bits per heavy atom. The van der Waals surface area contributed by atoms with Gasteiger partial charge >= 0.3 is 0 Å². The van der Waals surface area contributed by atoms with E-state index in [-0.39, 0.29) is 5.91 Å². The Kier molecular flexibility index (Phi) is 6.81. The zero-order chi connectivity index (χ0) is 22.5. The molecule has 2 aromatic carbocycles. The van der Waals surface area contributed by atoms with Crippen molar-refractivity contribution < 1.29 is 9.32 Å². The first kappa shape index (κ1) is 22.0. The monoisotopic (exact) mass is 466 g/mol. The summed E-state index contributed by atoms with van der Waals surface area (Å²) < 4.78 is 6.17. The topological polar surface area (TPSA) is 106 Å². The van der Waals surface area contributed by atoms with Crippen molar-refractivity contribution in [2.75, 3.05) is 10.6 Å². The van der Waals surface area contributed by atoms with Crippen LogP contribution in [0.5, 0.6) is 0 Å². The molecule has 0 aliphatic rings. The number of amides is 1. The van der Waals surface area contributed by atoms with Crippen molar-refractivity contribution >= 4 is 45.5 Å². The van der Waals surface area contributed by atoms with Crippen LogP contribution in [0.25, 0.3) is 11.4 Å². The van der Waals surface area contributed by atoms with Gasteiger partial charge in [0, 0.05) is 23.9 Å². The summed E-state index contributed by atoms with van der Waals surface area (Å²) in [5, 5.41) is 19.1. The Balaban J connectivity index is 1.34. The molecule has 0 spiro atoms. The average Bonchev–Trinajstić information content (AvgIpc) is 3.41. The van der Waals surface area contributed by atoms with Gasteiger partial charge in [0.25, 0.3) is 0 Å². The van der Waals surface area contributed by atoms with E-state index < -0.39 is 0 Å². The third-order valence-corrected chi connectivity index (χ3v) is 6.42. The maximum absolute atomic E-state index is 11.2. The summed E-state index contributed by atoms with van der Waals surface area (Å²) in [5.74, 6) is 1.98. The average molecular weight is 467 g/mol. The van der Waals surface area contributed by atoms with E-state index >= 15 is 0 Å². The quantitative estimate of drug-likeness (QED) is 0.318. The molecule has 0 radical (unpaired) electrons. The molecule has 32 heavy (non-hydrogen) atoms. The zero-order valence-electron chi connectivity index (χ0n) is 17.8. The lowest BCUT2D eigenvalue weighted by atomic mass is 10.0. The first-order valence-corrected chi connectivity index (χ1v) is 11.8. The molecule has 0 saturated heterocycles. The fourth-order valence-corrected chi connectivity index (χ4v) is 4.50. The lowest BCUT2D eigenvalue weighted by Gasteiger charge is -2.05. The molecule has 164 valence electrons. The molecule has 4 aromatic rings. The van der Waals surface area contributed by atoms with Gasteiger partial charge in [0.15, 0.2) is 4.34 Å². The van der Waals surface area contributed by atoms with Gasteiger partial charge in [-0.25, -0.2) is 0 Å². The number of rotatable bonds is 8. The Bertz CT molecular complexity index is 1200. The van der Waals surface area contributed by atoms with Gasteiger partial charge in [-0.1, -0.05) is 72.4 Å². The first-order valence-electron chi connectivity index (χ1n) is 10.00. The molecular weight excluding hydrogens is 444 g/mol. The van der Waals surface area contributed by atoms with E-state index in [0.29, 0.717) is 34.2 Å².